The highest BCUT2D eigenvalue weighted by atomic mass is 32.1. The maximum atomic E-state index is 12.2. The van der Waals surface area contributed by atoms with Crippen LogP contribution in [0, 0.1) is 19.8 Å². The van der Waals surface area contributed by atoms with E-state index in [0.717, 1.165) is 16.5 Å². The second kappa shape index (κ2) is 5.95. The molecule has 2 atom stereocenters. The lowest BCUT2D eigenvalue weighted by atomic mass is 9.98. The molecule has 7 heteroatoms. The van der Waals surface area contributed by atoms with E-state index in [0.29, 0.717) is 25.3 Å². The van der Waals surface area contributed by atoms with Gasteiger partial charge < -0.3 is 14.6 Å². The summed E-state index contributed by atoms with van der Waals surface area (Å²) in [5.41, 5.74) is 1.33. The Kier molecular flexibility index (Phi) is 4.03. The predicted molar refractivity (Wildman–Crippen MR) is 77.4 cm³/mol. The van der Waals surface area contributed by atoms with E-state index in [9.17, 15) is 4.79 Å². The number of hydrogen-bond acceptors (Lipinski definition) is 6. The minimum Gasteiger partial charge on any atom is -0.379 e. The van der Waals surface area contributed by atoms with Crippen LogP contribution in [-0.2, 0) is 11.2 Å². The lowest BCUT2D eigenvalue weighted by Gasteiger charge is -2.17. The van der Waals surface area contributed by atoms with Crippen LogP contribution in [0.1, 0.15) is 27.0 Å². The first-order chi connectivity index (χ1) is 10.1. The Labute approximate surface area is 126 Å². The third-order valence-electron chi connectivity index (χ3n) is 3.51. The van der Waals surface area contributed by atoms with Gasteiger partial charge in [0.25, 0.3) is 5.91 Å². The van der Waals surface area contributed by atoms with Gasteiger partial charge in [0.2, 0.25) is 0 Å². The smallest absolute Gasteiger partial charge is 0.271 e. The number of aromatic nitrogens is 2. The van der Waals surface area contributed by atoms with Crippen LogP contribution in [0.25, 0.3) is 0 Å². The second-order valence-electron chi connectivity index (χ2n) is 5.27. The molecule has 0 bridgehead atoms. The largest absolute Gasteiger partial charge is 0.379 e. The van der Waals surface area contributed by atoms with Crippen LogP contribution in [0.2, 0.25) is 0 Å². The minimum atomic E-state index is -0.145. The van der Waals surface area contributed by atoms with Gasteiger partial charge in [-0.3, -0.25) is 4.79 Å². The summed E-state index contributed by atoms with van der Waals surface area (Å²) in [6.45, 7) is 4.91. The molecule has 112 valence electrons. The van der Waals surface area contributed by atoms with Gasteiger partial charge in [-0.1, -0.05) is 5.16 Å². The van der Waals surface area contributed by atoms with Crippen LogP contribution in [0.15, 0.2) is 16.0 Å². The Bertz CT molecular complexity index is 637. The number of aryl methyl sites for hydroxylation is 2. The van der Waals surface area contributed by atoms with E-state index in [4.69, 9.17) is 9.26 Å². The summed E-state index contributed by atoms with van der Waals surface area (Å²) >= 11 is 1.47. The SMILES string of the molecule is Cc1cc(C[C@@H]2COC[C@@H]2NC(=O)c2csc(C)n2)on1. The quantitative estimate of drug-likeness (QED) is 0.931. The van der Waals surface area contributed by atoms with Gasteiger partial charge in [0.1, 0.15) is 11.5 Å². The molecule has 1 N–H and O–H groups in total. The number of ether oxygens (including phenoxy) is 1. The summed E-state index contributed by atoms with van der Waals surface area (Å²) in [5, 5.41) is 9.55. The van der Waals surface area contributed by atoms with Crippen LogP contribution < -0.4 is 5.32 Å². The minimum absolute atomic E-state index is 0.0232. The highest BCUT2D eigenvalue weighted by molar-refractivity contribution is 7.09. The zero-order valence-electron chi connectivity index (χ0n) is 12.0. The van der Waals surface area contributed by atoms with Gasteiger partial charge in [0, 0.05) is 23.8 Å². The number of amides is 1. The number of carbonyl (C=O) groups excluding carboxylic acids is 1. The summed E-state index contributed by atoms with van der Waals surface area (Å²) in [4.78, 5) is 16.4. The summed E-state index contributed by atoms with van der Waals surface area (Å²) in [6.07, 6.45) is 0.710. The fraction of sp³-hybridized carbons (Fsp3) is 0.500. The maximum Gasteiger partial charge on any atom is 0.271 e. The van der Waals surface area contributed by atoms with Crippen molar-refractivity contribution in [2.45, 2.75) is 26.3 Å². The van der Waals surface area contributed by atoms with Gasteiger partial charge in [0.15, 0.2) is 0 Å². The molecule has 0 radical (unpaired) electrons. The van der Waals surface area contributed by atoms with E-state index >= 15 is 0 Å². The van der Waals surface area contributed by atoms with E-state index in [1.807, 2.05) is 19.9 Å². The third kappa shape index (κ3) is 3.30. The van der Waals surface area contributed by atoms with Crippen LogP contribution in [0.5, 0.6) is 0 Å². The first kappa shape index (κ1) is 14.2. The highest BCUT2D eigenvalue weighted by Gasteiger charge is 2.31. The van der Waals surface area contributed by atoms with E-state index in [1.54, 1.807) is 5.38 Å². The van der Waals surface area contributed by atoms with Crippen molar-refractivity contribution in [2.24, 2.45) is 5.92 Å². The van der Waals surface area contributed by atoms with Crippen molar-refractivity contribution in [1.29, 1.82) is 0 Å². The van der Waals surface area contributed by atoms with Crippen molar-refractivity contribution in [3.8, 4) is 0 Å². The average Bonchev–Trinajstić information content (AvgIpc) is 3.14. The zero-order valence-corrected chi connectivity index (χ0v) is 12.8. The molecule has 0 unspecified atom stereocenters. The Balaban J connectivity index is 1.62. The Morgan fingerprint density at radius 2 is 2.33 bits per heavy atom. The number of nitrogens with one attached hydrogen (secondary N) is 1. The van der Waals surface area contributed by atoms with E-state index in [2.05, 4.69) is 15.5 Å². The summed E-state index contributed by atoms with van der Waals surface area (Å²) in [6, 6.07) is 1.89. The molecule has 1 fully saturated rings. The molecule has 0 spiro atoms. The van der Waals surface area contributed by atoms with E-state index < -0.39 is 0 Å². The number of nitrogens with zero attached hydrogens (tertiary/aromatic N) is 2. The van der Waals surface area contributed by atoms with Crippen molar-refractivity contribution >= 4 is 17.2 Å². The molecular weight excluding hydrogens is 290 g/mol. The van der Waals surface area contributed by atoms with Crippen molar-refractivity contribution < 1.29 is 14.1 Å². The van der Waals surface area contributed by atoms with Crippen molar-refractivity contribution in [2.75, 3.05) is 13.2 Å². The molecule has 6 nitrogen and oxygen atoms in total. The van der Waals surface area contributed by atoms with Crippen LogP contribution in [-0.4, -0.2) is 35.3 Å². The molecule has 1 amide bonds. The van der Waals surface area contributed by atoms with Crippen molar-refractivity contribution in [3.63, 3.8) is 0 Å². The van der Waals surface area contributed by atoms with Crippen LogP contribution in [0.3, 0.4) is 0 Å². The molecule has 0 aliphatic carbocycles. The standard InChI is InChI=1S/C14H17N3O3S/c1-8-3-11(20-17-8)4-10-5-19-6-12(10)16-14(18)13-7-21-9(2)15-13/h3,7,10,12H,4-6H2,1-2H3,(H,16,18)/t10-,12+/m1/s1. The van der Waals surface area contributed by atoms with Gasteiger partial charge in [-0.05, 0) is 13.8 Å². The fourth-order valence-corrected chi connectivity index (χ4v) is 3.03. The molecule has 21 heavy (non-hydrogen) atoms. The van der Waals surface area contributed by atoms with Crippen LogP contribution >= 0.6 is 11.3 Å². The van der Waals surface area contributed by atoms with E-state index in [1.165, 1.54) is 11.3 Å². The Hall–Kier alpha value is -1.73. The van der Waals surface area contributed by atoms with Crippen LogP contribution in [0.4, 0.5) is 0 Å². The van der Waals surface area contributed by atoms with Gasteiger partial charge in [-0.15, -0.1) is 11.3 Å². The molecule has 1 aliphatic rings. The van der Waals surface area contributed by atoms with E-state index in [-0.39, 0.29) is 17.9 Å². The lowest BCUT2D eigenvalue weighted by Crippen LogP contribution is -2.40. The molecule has 0 aromatic carbocycles. The summed E-state index contributed by atoms with van der Waals surface area (Å²) in [5.74, 6) is 0.876. The molecule has 1 saturated heterocycles. The molecule has 2 aromatic heterocycles. The molecule has 1 aliphatic heterocycles. The highest BCUT2D eigenvalue weighted by Crippen LogP contribution is 2.20. The zero-order chi connectivity index (χ0) is 14.8. The second-order valence-corrected chi connectivity index (χ2v) is 6.33. The fourth-order valence-electron chi connectivity index (χ4n) is 2.44. The molecule has 3 heterocycles. The maximum absolute atomic E-state index is 12.2. The number of carbonyl (C=O) groups is 1. The molecule has 2 aromatic rings. The predicted octanol–water partition coefficient (Wildman–Crippen LogP) is 1.74. The van der Waals surface area contributed by atoms with Gasteiger partial charge in [0.05, 0.1) is 30.0 Å². The van der Waals surface area contributed by atoms with Crippen molar-refractivity contribution in [3.05, 3.63) is 33.6 Å². The Morgan fingerprint density at radius 3 is 3.00 bits per heavy atom. The normalized spacial score (nSPS) is 21.6. The number of rotatable bonds is 4. The Morgan fingerprint density at radius 1 is 1.48 bits per heavy atom. The van der Waals surface area contributed by atoms with Crippen molar-refractivity contribution in [1.82, 2.24) is 15.5 Å². The third-order valence-corrected chi connectivity index (χ3v) is 4.28. The van der Waals surface area contributed by atoms with Gasteiger partial charge in [-0.25, -0.2) is 4.98 Å². The summed E-state index contributed by atoms with van der Waals surface area (Å²) < 4.78 is 10.7. The van der Waals surface area contributed by atoms with Gasteiger partial charge >= 0.3 is 0 Å². The topological polar surface area (TPSA) is 77.2 Å². The first-order valence-corrected chi connectivity index (χ1v) is 7.72. The monoisotopic (exact) mass is 307 g/mol. The number of thiazole rings is 1. The number of hydrogen-bond donors (Lipinski definition) is 1. The molecule has 3 rings (SSSR count). The molecular formula is C14H17N3O3S. The molecule has 0 saturated carbocycles. The van der Waals surface area contributed by atoms with Gasteiger partial charge in [-0.2, -0.15) is 0 Å². The summed E-state index contributed by atoms with van der Waals surface area (Å²) in [7, 11) is 0. The average molecular weight is 307 g/mol. The lowest BCUT2D eigenvalue weighted by molar-refractivity contribution is 0.0920. The first-order valence-electron chi connectivity index (χ1n) is 6.85.